The number of fused-ring (bicyclic) bond motifs is 3. The van der Waals surface area contributed by atoms with Gasteiger partial charge in [-0.25, -0.2) is 0 Å². The lowest BCUT2D eigenvalue weighted by molar-refractivity contribution is 1.32. The number of rotatable bonds is 10. The van der Waals surface area contributed by atoms with Crippen molar-refractivity contribution in [2.45, 2.75) is 0 Å². The number of pyridine rings is 4. The number of benzene rings is 8. The molecule has 13 aromatic rings. The predicted octanol–water partition coefficient (Wildman–Crippen LogP) is 18.3. The molecule has 5 heterocycles. The molecule has 0 aliphatic rings. The van der Waals surface area contributed by atoms with Crippen LogP contribution in [0.25, 0.3) is 132 Å². The highest BCUT2D eigenvalue weighted by Crippen LogP contribution is 2.46. The molecule has 5 heteroatoms. The average Bonchev–Trinajstić information content (AvgIpc) is 3.87. The van der Waals surface area contributed by atoms with Gasteiger partial charge in [-0.05, 0) is 105 Å². The lowest BCUT2D eigenvalue weighted by atomic mass is 9.92. The van der Waals surface area contributed by atoms with Gasteiger partial charge in [-0.1, -0.05) is 182 Å². The highest BCUT2D eigenvalue weighted by molar-refractivity contribution is 7.26. The maximum atomic E-state index is 4.96. The van der Waals surface area contributed by atoms with Crippen LogP contribution in [0.4, 0.5) is 0 Å². The van der Waals surface area contributed by atoms with E-state index in [1.165, 1.54) is 31.3 Å². The van der Waals surface area contributed by atoms with Gasteiger partial charge in [-0.3, -0.25) is 19.9 Å². The minimum atomic E-state index is 0.945. The van der Waals surface area contributed by atoms with Crippen molar-refractivity contribution in [2.24, 2.45) is 0 Å². The third-order valence-corrected chi connectivity index (χ3v) is 15.0. The lowest BCUT2D eigenvalue weighted by Gasteiger charge is -2.13. The summed E-state index contributed by atoms with van der Waals surface area (Å²) in [5.41, 5.74) is 21.3. The number of hydrogen-bond acceptors (Lipinski definition) is 5. The molecular weight excluding hydrogens is 905 g/mol. The first-order valence-electron chi connectivity index (χ1n) is 24.5. The second-order valence-electron chi connectivity index (χ2n) is 18.3. The van der Waals surface area contributed by atoms with E-state index in [0.29, 0.717) is 0 Å². The monoisotopic (exact) mass is 948 g/mol. The number of hydrogen-bond donors (Lipinski definition) is 0. The minimum Gasteiger partial charge on any atom is -0.256 e. The summed E-state index contributed by atoms with van der Waals surface area (Å²) in [4.78, 5) is 19.8. The topological polar surface area (TPSA) is 51.6 Å². The molecule has 0 radical (unpaired) electrons. The minimum absolute atomic E-state index is 0.945. The molecule has 5 aromatic heterocycles. The molecule has 73 heavy (non-hydrogen) atoms. The van der Waals surface area contributed by atoms with Crippen LogP contribution in [0.5, 0.6) is 0 Å². The maximum absolute atomic E-state index is 4.96. The Kier molecular flexibility index (Phi) is 11.4. The summed E-state index contributed by atoms with van der Waals surface area (Å²) in [5, 5.41) is 2.46. The molecule has 0 saturated heterocycles. The van der Waals surface area contributed by atoms with Gasteiger partial charge in [0.2, 0.25) is 0 Å². The van der Waals surface area contributed by atoms with Crippen LogP contribution in [0.15, 0.2) is 267 Å². The highest BCUT2D eigenvalue weighted by atomic mass is 32.1. The second-order valence-corrected chi connectivity index (χ2v) is 19.3. The zero-order valence-electron chi connectivity index (χ0n) is 39.6. The van der Waals surface area contributed by atoms with Crippen molar-refractivity contribution in [1.82, 2.24) is 19.9 Å². The van der Waals surface area contributed by atoms with E-state index in [0.717, 1.165) is 101 Å². The molecule has 342 valence electrons. The first kappa shape index (κ1) is 43.6. The molecule has 0 aliphatic heterocycles. The van der Waals surface area contributed by atoms with E-state index in [-0.39, 0.29) is 0 Å². The van der Waals surface area contributed by atoms with Crippen LogP contribution in [-0.2, 0) is 0 Å². The van der Waals surface area contributed by atoms with E-state index < -0.39 is 0 Å². The van der Waals surface area contributed by atoms with Crippen molar-refractivity contribution >= 4 is 31.5 Å². The van der Waals surface area contributed by atoms with Crippen molar-refractivity contribution < 1.29 is 0 Å². The predicted molar refractivity (Wildman–Crippen MR) is 305 cm³/mol. The van der Waals surface area contributed by atoms with E-state index in [2.05, 4.69) is 218 Å². The Morgan fingerprint density at radius 1 is 0.205 bits per heavy atom. The molecule has 0 aliphatic carbocycles. The van der Waals surface area contributed by atoms with Crippen molar-refractivity contribution in [1.29, 1.82) is 0 Å². The molecule has 0 bridgehead atoms. The van der Waals surface area contributed by atoms with Gasteiger partial charge in [0, 0.05) is 89.5 Å². The summed E-state index contributed by atoms with van der Waals surface area (Å²) >= 11 is 1.86. The molecule has 0 N–H and O–H groups in total. The molecule has 13 rings (SSSR count). The Balaban J connectivity index is 0.943. The van der Waals surface area contributed by atoms with Gasteiger partial charge in [-0.15, -0.1) is 11.3 Å². The van der Waals surface area contributed by atoms with Gasteiger partial charge in [0.05, 0.1) is 22.8 Å². The van der Waals surface area contributed by atoms with Crippen LogP contribution in [0.2, 0.25) is 0 Å². The lowest BCUT2D eigenvalue weighted by Crippen LogP contribution is -1.90. The average molecular weight is 949 g/mol. The standard InChI is InChI=1S/C68H44N4S/c1-5-15-45(16-6-1)63-31-27-49(41-69-63)53-35-54(50-28-32-64(70-42-50)46-17-7-2-8-18-46)38-57(37-53)59-23-13-25-61-62-26-14-24-60(68(62)73-67(59)61)58-39-55(51-29-33-65(71-43-51)47-19-9-3-10-20-47)36-56(40-58)52-30-34-66(72-44-52)48-21-11-4-12-22-48/h1-44H. The molecule has 0 saturated carbocycles. The van der Waals surface area contributed by atoms with Crippen molar-refractivity contribution in [3.05, 3.63) is 267 Å². The molecule has 0 unspecified atom stereocenters. The largest absolute Gasteiger partial charge is 0.256 e. The Labute approximate surface area is 428 Å². The molecule has 4 nitrogen and oxygen atoms in total. The summed E-state index contributed by atoms with van der Waals surface area (Å²) in [6, 6.07) is 85.9. The maximum Gasteiger partial charge on any atom is 0.0702 e. The second kappa shape index (κ2) is 19.1. The van der Waals surface area contributed by atoms with E-state index in [1.807, 2.05) is 60.4 Å². The first-order valence-corrected chi connectivity index (χ1v) is 25.3. The van der Waals surface area contributed by atoms with E-state index in [1.54, 1.807) is 0 Å². The summed E-state index contributed by atoms with van der Waals surface area (Å²) in [5.74, 6) is 0. The fourth-order valence-electron chi connectivity index (χ4n) is 9.88. The summed E-state index contributed by atoms with van der Waals surface area (Å²) < 4.78 is 2.47. The van der Waals surface area contributed by atoms with Crippen molar-refractivity contribution in [3.8, 4) is 112 Å². The quantitative estimate of drug-likeness (QED) is 0.137. The van der Waals surface area contributed by atoms with Crippen LogP contribution < -0.4 is 0 Å². The Morgan fingerprint density at radius 3 is 0.740 bits per heavy atom. The fraction of sp³-hybridized carbons (Fsp3) is 0. The molecule has 0 spiro atoms. The van der Waals surface area contributed by atoms with E-state index in [9.17, 15) is 0 Å². The Morgan fingerprint density at radius 2 is 0.479 bits per heavy atom. The SMILES string of the molecule is c1ccc(-c2ccc(-c3cc(-c4ccc(-c5ccccc5)nc4)cc(-c4cccc5c4sc4c(-c6cc(-c7ccc(-c8ccccc8)nc7)cc(-c7ccc(-c8ccccc8)nc7)c6)cccc45)c3)cn2)cc1. The van der Waals surface area contributed by atoms with Crippen LogP contribution in [0, 0.1) is 0 Å². The van der Waals surface area contributed by atoms with Crippen molar-refractivity contribution in [2.75, 3.05) is 0 Å². The first-order chi connectivity index (χ1) is 36.1. The third-order valence-electron chi connectivity index (χ3n) is 13.7. The molecule has 0 amide bonds. The molecular formula is C68H44N4S. The Bertz CT molecular complexity index is 3590. The van der Waals surface area contributed by atoms with Crippen LogP contribution >= 0.6 is 11.3 Å². The zero-order chi connectivity index (χ0) is 48.5. The van der Waals surface area contributed by atoms with Gasteiger partial charge >= 0.3 is 0 Å². The summed E-state index contributed by atoms with van der Waals surface area (Å²) in [7, 11) is 0. The normalized spacial score (nSPS) is 11.3. The number of aromatic nitrogens is 4. The third kappa shape index (κ3) is 8.69. The van der Waals surface area contributed by atoms with E-state index >= 15 is 0 Å². The highest BCUT2D eigenvalue weighted by Gasteiger charge is 2.18. The van der Waals surface area contributed by atoms with Crippen LogP contribution in [0.3, 0.4) is 0 Å². The summed E-state index contributed by atoms with van der Waals surface area (Å²) in [6.07, 6.45) is 7.99. The molecule has 8 aromatic carbocycles. The van der Waals surface area contributed by atoms with Crippen molar-refractivity contribution in [3.63, 3.8) is 0 Å². The van der Waals surface area contributed by atoms with Gasteiger partial charge in [0.25, 0.3) is 0 Å². The smallest absolute Gasteiger partial charge is 0.0702 e. The van der Waals surface area contributed by atoms with Crippen LogP contribution in [0.1, 0.15) is 0 Å². The van der Waals surface area contributed by atoms with Gasteiger partial charge in [0.15, 0.2) is 0 Å². The van der Waals surface area contributed by atoms with Gasteiger partial charge in [-0.2, -0.15) is 0 Å². The van der Waals surface area contributed by atoms with Gasteiger partial charge < -0.3 is 0 Å². The molecule has 0 atom stereocenters. The number of nitrogens with zero attached hydrogens (tertiary/aromatic N) is 4. The fourth-order valence-corrected chi connectivity index (χ4v) is 11.3. The summed E-state index contributed by atoms with van der Waals surface area (Å²) in [6.45, 7) is 0. The van der Waals surface area contributed by atoms with Crippen LogP contribution in [-0.4, -0.2) is 19.9 Å². The van der Waals surface area contributed by atoms with E-state index in [4.69, 9.17) is 19.9 Å². The number of thiophene rings is 1. The Hall–Kier alpha value is -9.42. The zero-order valence-corrected chi connectivity index (χ0v) is 40.4. The van der Waals surface area contributed by atoms with Gasteiger partial charge in [0.1, 0.15) is 0 Å². The molecule has 0 fully saturated rings.